The SMILES string of the molecule is O=C(O)c1ccc2ccccc2c1C(=O)c1ccc(Cl)cc1. The standard InChI is InChI=1S/C18H11ClO3/c19-13-8-5-12(6-9-13)17(20)16-14-4-2-1-3-11(14)7-10-15(16)18(21)22/h1-10H,(H,21,22). The van der Waals surface area contributed by atoms with E-state index in [-0.39, 0.29) is 16.9 Å². The van der Waals surface area contributed by atoms with Gasteiger partial charge >= 0.3 is 5.97 Å². The molecule has 3 rings (SSSR count). The molecule has 0 saturated heterocycles. The monoisotopic (exact) mass is 310 g/mol. The van der Waals surface area contributed by atoms with Gasteiger partial charge in [-0.25, -0.2) is 4.79 Å². The maximum Gasteiger partial charge on any atom is 0.336 e. The number of carboxylic acid groups (broad SMARTS) is 1. The van der Waals surface area contributed by atoms with E-state index in [9.17, 15) is 14.7 Å². The molecular formula is C18H11ClO3. The number of benzene rings is 3. The number of carboxylic acids is 1. The first kappa shape index (κ1) is 14.3. The molecule has 4 heteroatoms. The molecular weight excluding hydrogens is 300 g/mol. The Morgan fingerprint density at radius 2 is 1.55 bits per heavy atom. The van der Waals surface area contributed by atoms with E-state index in [2.05, 4.69) is 0 Å². The van der Waals surface area contributed by atoms with Crippen LogP contribution < -0.4 is 0 Å². The second kappa shape index (κ2) is 5.62. The predicted octanol–water partition coefficient (Wildman–Crippen LogP) is 4.42. The van der Waals surface area contributed by atoms with E-state index in [0.29, 0.717) is 16.0 Å². The van der Waals surface area contributed by atoms with E-state index < -0.39 is 5.97 Å². The molecule has 0 heterocycles. The maximum absolute atomic E-state index is 12.8. The molecule has 0 saturated carbocycles. The van der Waals surface area contributed by atoms with Gasteiger partial charge in [0.05, 0.1) is 5.56 Å². The smallest absolute Gasteiger partial charge is 0.336 e. The van der Waals surface area contributed by atoms with Gasteiger partial charge in [0.25, 0.3) is 0 Å². The van der Waals surface area contributed by atoms with Crippen LogP contribution in [0.25, 0.3) is 10.8 Å². The fourth-order valence-electron chi connectivity index (χ4n) is 2.44. The summed E-state index contributed by atoms with van der Waals surface area (Å²) >= 11 is 5.83. The maximum atomic E-state index is 12.8. The normalized spacial score (nSPS) is 10.6. The molecule has 0 bridgehead atoms. The topological polar surface area (TPSA) is 54.4 Å². The van der Waals surface area contributed by atoms with Crippen molar-refractivity contribution in [3.63, 3.8) is 0 Å². The lowest BCUT2D eigenvalue weighted by Crippen LogP contribution is -2.10. The van der Waals surface area contributed by atoms with Gasteiger partial charge in [-0.05, 0) is 41.1 Å². The summed E-state index contributed by atoms with van der Waals surface area (Å²) in [7, 11) is 0. The van der Waals surface area contributed by atoms with Crippen LogP contribution >= 0.6 is 11.6 Å². The van der Waals surface area contributed by atoms with Crippen LogP contribution in [-0.2, 0) is 0 Å². The highest BCUT2D eigenvalue weighted by Gasteiger charge is 2.20. The zero-order valence-electron chi connectivity index (χ0n) is 11.4. The summed E-state index contributed by atoms with van der Waals surface area (Å²) in [6.07, 6.45) is 0. The summed E-state index contributed by atoms with van der Waals surface area (Å²) in [5, 5.41) is 11.4. The number of carbonyl (C=O) groups excluding carboxylic acids is 1. The Hall–Kier alpha value is -2.65. The van der Waals surface area contributed by atoms with Crippen molar-refractivity contribution < 1.29 is 14.7 Å². The van der Waals surface area contributed by atoms with Crippen molar-refractivity contribution in [2.45, 2.75) is 0 Å². The molecule has 0 aromatic heterocycles. The number of rotatable bonds is 3. The highest BCUT2D eigenvalue weighted by Crippen LogP contribution is 2.26. The van der Waals surface area contributed by atoms with Gasteiger partial charge in [0.2, 0.25) is 0 Å². The largest absolute Gasteiger partial charge is 0.478 e. The first-order valence-corrected chi connectivity index (χ1v) is 7.01. The Labute approximate surface area is 131 Å². The molecule has 0 amide bonds. The van der Waals surface area contributed by atoms with Crippen molar-refractivity contribution in [1.29, 1.82) is 0 Å². The van der Waals surface area contributed by atoms with Crippen molar-refractivity contribution >= 4 is 34.1 Å². The molecule has 0 spiro atoms. The Balaban J connectivity index is 2.27. The predicted molar refractivity (Wildman–Crippen MR) is 85.8 cm³/mol. The molecule has 3 aromatic carbocycles. The summed E-state index contributed by atoms with van der Waals surface area (Å²) in [5.74, 6) is -1.45. The Kier molecular flexibility index (Phi) is 3.65. The number of aromatic carboxylic acids is 1. The molecule has 0 atom stereocenters. The fraction of sp³-hybridized carbons (Fsp3) is 0. The highest BCUT2D eigenvalue weighted by atomic mass is 35.5. The number of carbonyl (C=O) groups is 2. The third kappa shape index (κ3) is 2.47. The number of fused-ring (bicyclic) bond motifs is 1. The summed E-state index contributed by atoms with van der Waals surface area (Å²) in [5.41, 5.74) is 0.606. The number of hydrogen-bond donors (Lipinski definition) is 1. The van der Waals surface area contributed by atoms with Crippen LogP contribution in [-0.4, -0.2) is 16.9 Å². The number of hydrogen-bond acceptors (Lipinski definition) is 2. The first-order chi connectivity index (χ1) is 10.6. The minimum atomic E-state index is -1.12. The van der Waals surface area contributed by atoms with Crippen molar-refractivity contribution in [3.05, 3.63) is 82.4 Å². The van der Waals surface area contributed by atoms with Gasteiger partial charge in [0.15, 0.2) is 5.78 Å². The van der Waals surface area contributed by atoms with Gasteiger partial charge < -0.3 is 5.11 Å². The van der Waals surface area contributed by atoms with Crippen LogP contribution in [0.2, 0.25) is 5.02 Å². The second-order valence-corrected chi connectivity index (χ2v) is 5.29. The highest BCUT2D eigenvalue weighted by molar-refractivity contribution is 6.30. The molecule has 3 aromatic rings. The average molecular weight is 311 g/mol. The van der Waals surface area contributed by atoms with Crippen molar-refractivity contribution in [3.8, 4) is 0 Å². The summed E-state index contributed by atoms with van der Waals surface area (Å²) in [6, 6.07) is 16.8. The van der Waals surface area contributed by atoms with Crippen molar-refractivity contribution in [2.75, 3.05) is 0 Å². The number of ketones is 1. The quantitative estimate of drug-likeness (QED) is 0.728. The zero-order valence-corrected chi connectivity index (χ0v) is 12.2. The summed E-state index contributed by atoms with van der Waals surface area (Å²) < 4.78 is 0. The third-order valence-electron chi connectivity index (χ3n) is 3.49. The van der Waals surface area contributed by atoms with Crippen LogP contribution in [0.15, 0.2) is 60.7 Å². The summed E-state index contributed by atoms with van der Waals surface area (Å²) in [6.45, 7) is 0. The molecule has 0 unspecified atom stereocenters. The number of halogens is 1. The van der Waals surface area contributed by atoms with Gasteiger partial charge in [0, 0.05) is 16.1 Å². The van der Waals surface area contributed by atoms with Gasteiger partial charge in [-0.1, -0.05) is 41.9 Å². The lowest BCUT2D eigenvalue weighted by atomic mass is 9.92. The Morgan fingerprint density at radius 1 is 0.864 bits per heavy atom. The average Bonchev–Trinajstić information content (AvgIpc) is 2.53. The molecule has 108 valence electrons. The lowest BCUT2D eigenvalue weighted by molar-refractivity contribution is 0.0693. The molecule has 0 radical (unpaired) electrons. The van der Waals surface area contributed by atoms with E-state index in [1.165, 1.54) is 6.07 Å². The van der Waals surface area contributed by atoms with Crippen LogP contribution in [0, 0.1) is 0 Å². The van der Waals surface area contributed by atoms with E-state index in [4.69, 9.17) is 11.6 Å². The molecule has 0 fully saturated rings. The van der Waals surface area contributed by atoms with E-state index in [1.807, 2.05) is 12.1 Å². The molecule has 1 N–H and O–H groups in total. The Morgan fingerprint density at radius 3 is 2.23 bits per heavy atom. The van der Waals surface area contributed by atoms with Crippen molar-refractivity contribution in [1.82, 2.24) is 0 Å². The summed E-state index contributed by atoms with van der Waals surface area (Å²) in [4.78, 5) is 24.3. The van der Waals surface area contributed by atoms with E-state index in [1.54, 1.807) is 42.5 Å². The minimum absolute atomic E-state index is 0.00125. The van der Waals surface area contributed by atoms with E-state index in [0.717, 1.165) is 5.39 Å². The van der Waals surface area contributed by atoms with Crippen LogP contribution in [0.3, 0.4) is 0 Å². The van der Waals surface area contributed by atoms with Crippen LogP contribution in [0.4, 0.5) is 0 Å². The molecule has 0 aliphatic rings. The second-order valence-electron chi connectivity index (χ2n) is 4.85. The van der Waals surface area contributed by atoms with E-state index >= 15 is 0 Å². The van der Waals surface area contributed by atoms with Gasteiger partial charge in [-0.15, -0.1) is 0 Å². The molecule has 22 heavy (non-hydrogen) atoms. The minimum Gasteiger partial charge on any atom is -0.478 e. The lowest BCUT2D eigenvalue weighted by Gasteiger charge is -2.10. The molecule has 0 aliphatic heterocycles. The van der Waals surface area contributed by atoms with Gasteiger partial charge in [0.1, 0.15) is 0 Å². The van der Waals surface area contributed by atoms with Gasteiger partial charge in [-0.3, -0.25) is 4.79 Å². The Bertz CT molecular complexity index is 882. The zero-order chi connectivity index (χ0) is 15.7. The van der Waals surface area contributed by atoms with Gasteiger partial charge in [-0.2, -0.15) is 0 Å². The molecule has 0 aliphatic carbocycles. The van der Waals surface area contributed by atoms with Crippen LogP contribution in [0.1, 0.15) is 26.3 Å². The first-order valence-electron chi connectivity index (χ1n) is 6.63. The van der Waals surface area contributed by atoms with Crippen LogP contribution in [0.5, 0.6) is 0 Å². The van der Waals surface area contributed by atoms with Crippen molar-refractivity contribution in [2.24, 2.45) is 0 Å². The molecule has 3 nitrogen and oxygen atoms in total. The fourth-order valence-corrected chi connectivity index (χ4v) is 2.57. The third-order valence-corrected chi connectivity index (χ3v) is 3.74.